The number of hydrogen-bond donors (Lipinski definition) is 2. The quantitative estimate of drug-likeness (QED) is 0.714. The third kappa shape index (κ3) is 6.86. The molecule has 0 heterocycles. The molecule has 0 aliphatic heterocycles. The van der Waals surface area contributed by atoms with E-state index >= 15 is 0 Å². The van der Waals surface area contributed by atoms with Gasteiger partial charge < -0.3 is 15.8 Å². The van der Waals surface area contributed by atoms with Gasteiger partial charge in [0.1, 0.15) is 0 Å². The zero-order chi connectivity index (χ0) is 11.8. The van der Waals surface area contributed by atoms with Crippen molar-refractivity contribution in [1.82, 2.24) is 5.32 Å². The maximum atomic E-state index is 11.6. The average molecular weight is 265 g/mol. The van der Waals surface area contributed by atoms with Gasteiger partial charge in [-0.1, -0.05) is 12.8 Å². The maximum Gasteiger partial charge on any atom is 0.220 e. The minimum absolute atomic E-state index is 0. The van der Waals surface area contributed by atoms with Gasteiger partial charge in [-0.15, -0.1) is 12.4 Å². The van der Waals surface area contributed by atoms with Gasteiger partial charge in [-0.2, -0.15) is 0 Å². The van der Waals surface area contributed by atoms with E-state index in [2.05, 4.69) is 5.32 Å². The van der Waals surface area contributed by atoms with Crippen molar-refractivity contribution in [2.75, 3.05) is 19.8 Å². The molecule has 3 N–H and O–H groups in total. The molecule has 0 spiro atoms. The molecule has 0 bridgehead atoms. The van der Waals surface area contributed by atoms with Crippen molar-refractivity contribution >= 4 is 18.3 Å². The van der Waals surface area contributed by atoms with Crippen molar-refractivity contribution in [2.45, 2.75) is 45.1 Å². The third-order valence-electron chi connectivity index (χ3n) is 3.19. The van der Waals surface area contributed by atoms with E-state index < -0.39 is 0 Å². The monoisotopic (exact) mass is 264 g/mol. The zero-order valence-corrected chi connectivity index (χ0v) is 11.4. The number of carbonyl (C=O) groups is 1. The summed E-state index contributed by atoms with van der Waals surface area (Å²) in [7, 11) is 0. The second-order valence-corrected chi connectivity index (χ2v) is 4.46. The Balaban J connectivity index is 0.00000256. The first kappa shape index (κ1) is 16.7. The van der Waals surface area contributed by atoms with Crippen molar-refractivity contribution in [1.29, 1.82) is 0 Å². The standard InChI is InChI=1S/C12H24N2O2.ClH/c1-2-16-8-7-14-12(15)9-10-5-3-4-6-11(10)13;/h10-11H,2-9,13H2,1H3,(H,14,15);1H. The molecule has 0 aromatic carbocycles. The Labute approximate surface area is 110 Å². The van der Waals surface area contributed by atoms with Crippen LogP contribution in [-0.2, 0) is 9.53 Å². The predicted molar refractivity (Wildman–Crippen MR) is 71.3 cm³/mol. The summed E-state index contributed by atoms with van der Waals surface area (Å²) in [6, 6.07) is 0.214. The van der Waals surface area contributed by atoms with Crippen LogP contribution < -0.4 is 11.1 Å². The molecule has 5 heteroatoms. The summed E-state index contributed by atoms with van der Waals surface area (Å²) in [4.78, 5) is 11.6. The molecule has 1 saturated carbocycles. The summed E-state index contributed by atoms with van der Waals surface area (Å²) in [6.07, 6.45) is 5.17. The lowest BCUT2D eigenvalue weighted by atomic mass is 9.83. The first-order valence-electron chi connectivity index (χ1n) is 6.34. The van der Waals surface area contributed by atoms with Gasteiger partial charge in [0.25, 0.3) is 0 Å². The second kappa shape index (κ2) is 9.68. The maximum absolute atomic E-state index is 11.6. The van der Waals surface area contributed by atoms with E-state index in [-0.39, 0.29) is 24.4 Å². The van der Waals surface area contributed by atoms with E-state index in [1.165, 1.54) is 12.8 Å². The van der Waals surface area contributed by atoms with E-state index in [0.717, 1.165) is 12.8 Å². The van der Waals surface area contributed by atoms with Crippen LogP contribution in [0.3, 0.4) is 0 Å². The van der Waals surface area contributed by atoms with E-state index in [4.69, 9.17) is 10.5 Å². The van der Waals surface area contributed by atoms with Gasteiger partial charge in [0.15, 0.2) is 0 Å². The van der Waals surface area contributed by atoms with Gasteiger partial charge in [-0.3, -0.25) is 4.79 Å². The van der Waals surface area contributed by atoms with Gasteiger partial charge in [0.05, 0.1) is 6.61 Å². The number of rotatable bonds is 6. The van der Waals surface area contributed by atoms with Gasteiger partial charge in [-0.25, -0.2) is 0 Å². The van der Waals surface area contributed by atoms with Crippen LogP contribution in [0.15, 0.2) is 0 Å². The molecular weight excluding hydrogens is 240 g/mol. The highest BCUT2D eigenvalue weighted by atomic mass is 35.5. The Kier molecular flexibility index (Phi) is 9.50. The van der Waals surface area contributed by atoms with Crippen LogP contribution in [0.1, 0.15) is 39.0 Å². The molecule has 0 radical (unpaired) electrons. The molecule has 4 nitrogen and oxygen atoms in total. The van der Waals surface area contributed by atoms with Crippen LogP contribution in [0.25, 0.3) is 0 Å². The van der Waals surface area contributed by atoms with Crippen molar-refractivity contribution < 1.29 is 9.53 Å². The molecule has 1 fully saturated rings. The lowest BCUT2D eigenvalue weighted by Crippen LogP contribution is -2.37. The minimum atomic E-state index is 0. The second-order valence-electron chi connectivity index (χ2n) is 4.46. The molecule has 0 aromatic heterocycles. The molecular formula is C12H25ClN2O2. The molecule has 102 valence electrons. The fourth-order valence-electron chi connectivity index (χ4n) is 2.21. The van der Waals surface area contributed by atoms with Crippen molar-refractivity contribution in [3.63, 3.8) is 0 Å². The number of halogens is 1. The highest BCUT2D eigenvalue weighted by Gasteiger charge is 2.23. The van der Waals surface area contributed by atoms with Crippen molar-refractivity contribution in [2.24, 2.45) is 11.7 Å². The lowest BCUT2D eigenvalue weighted by molar-refractivity contribution is -0.122. The lowest BCUT2D eigenvalue weighted by Gasteiger charge is -2.27. The van der Waals surface area contributed by atoms with E-state index in [1.807, 2.05) is 6.92 Å². The number of ether oxygens (including phenoxy) is 1. The summed E-state index contributed by atoms with van der Waals surface area (Å²) in [5.74, 6) is 0.489. The minimum Gasteiger partial charge on any atom is -0.380 e. The number of hydrogen-bond acceptors (Lipinski definition) is 3. The van der Waals surface area contributed by atoms with Gasteiger partial charge in [0, 0.05) is 25.6 Å². The molecule has 2 atom stereocenters. The Morgan fingerprint density at radius 1 is 1.41 bits per heavy atom. The summed E-state index contributed by atoms with van der Waals surface area (Å²) in [5.41, 5.74) is 6.00. The third-order valence-corrected chi connectivity index (χ3v) is 3.19. The largest absolute Gasteiger partial charge is 0.380 e. The Bertz CT molecular complexity index is 215. The number of nitrogens with one attached hydrogen (secondary N) is 1. The zero-order valence-electron chi connectivity index (χ0n) is 10.6. The summed E-state index contributed by atoms with van der Waals surface area (Å²) in [6.45, 7) is 3.85. The Morgan fingerprint density at radius 2 is 2.12 bits per heavy atom. The molecule has 2 unspecified atom stereocenters. The average Bonchev–Trinajstić information content (AvgIpc) is 2.28. The first-order valence-corrected chi connectivity index (χ1v) is 6.34. The fourth-order valence-corrected chi connectivity index (χ4v) is 2.21. The van der Waals surface area contributed by atoms with Crippen LogP contribution in [0, 0.1) is 5.92 Å². The molecule has 1 aliphatic rings. The van der Waals surface area contributed by atoms with E-state index in [0.29, 0.717) is 32.1 Å². The summed E-state index contributed by atoms with van der Waals surface area (Å²) in [5, 5.41) is 2.87. The Morgan fingerprint density at radius 3 is 2.76 bits per heavy atom. The van der Waals surface area contributed by atoms with E-state index in [1.54, 1.807) is 0 Å². The first-order chi connectivity index (χ1) is 7.74. The molecule has 1 rings (SSSR count). The van der Waals surface area contributed by atoms with Crippen LogP contribution >= 0.6 is 12.4 Å². The molecule has 0 saturated heterocycles. The summed E-state index contributed by atoms with van der Waals surface area (Å²) < 4.78 is 5.16. The SMILES string of the molecule is CCOCCNC(=O)CC1CCCCC1N.Cl. The number of carbonyl (C=O) groups excluding carboxylic acids is 1. The van der Waals surface area contributed by atoms with Crippen LogP contribution in [0.5, 0.6) is 0 Å². The van der Waals surface area contributed by atoms with Crippen molar-refractivity contribution in [3.8, 4) is 0 Å². The summed E-state index contributed by atoms with van der Waals surface area (Å²) >= 11 is 0. The van der Waals surface area contributed by atoms with Crippen LogP contribution in [0.2, 0.25) is 0 Å². The highest BCUT2D eigenvalue weighted by molar-refractivity contribution is 5.85. The van der Waals surface area contributed by atoms with Gasteiger partial charge in [-0.05, 0) is 25.7 Å². The van der Waals surface area contributed by atoms with Crippen LogP contribution in [0.4, 0.5) is 0 Å². The molecule has 17 heavy (non-hydrogen) atoms. The van der Waals surface area contributed by atoms with E-state index in [9.17, 15) is 4.79 Å². The molecule has 1 amide bonds. The molecule has 1 aliphatic carbocycles. The number of nitrogens with two attached hydrogens (primary N) is 1. The molecule has 0 aromatic rings. The van der Waals surface area contributed by atoms with Gasteiger partial charge >= 0.3 is 0 Å². The van der Waals surface area contributed by atoms with Crippen LogP contribution in [-0.4, -0.2) is 31.7 Å². The smallest absolute Gasteiger partial charge is 0.220 e. The Hall–Kier alpha value is -0.320. The highest BCUT2D eigenvalue weighted by Crippen LogP contribution is 2.25. The fraction of sp³-hybridized carbons (Fsp3) is 0.917. The number of amides is 1. The normalized spacial score (nSPS) is 23.9. The predicted octanol–water partition coefficient (Wildman–Crippen LogP) is 1.47. The van der Waals surface area contributed by atoms with Crippen molar-refractivity contribution in [3.05, 3.63) is 0 Å². The van der Waals surface area contributed by atoms with Gasteiger partial charge in [0.2, 0.25) is 5.91 Å². The topological polar surface area (TPSA) is 64.3 Å².